The first-order valence-electron chi connectivity index (χ1n) is 9.11. The van der Waals surface area contributed by atoms with Crippen molar-refractivity contribution in [1.29, 1.82) is 0 Å². The maximum atomic E-state index is 12.4. The first kappa shape index (κ1) is 20.4. The zero-order valence-corrected chi connectivity index (χ0v) is 17.0. The normalized spacial score (nSPS) is 11.9. The van der Waals surface area contributed by atoms with Crippen LogP contribution in [0.3, 0.4) is 0 Å². The Morgan fingerprint density at radius 2 is 1.71 bits per heavy atom. The summed E-state index contributed by atoms with van der Waals surface area (Å²) in [6.45, 7) is 0.572. The van der Waals surface area contributed by atoms with E-state index in [1.165, 1.54) is 5.56 Å². The second kappa shape index (κ2) is 10.2. The number of halogens is 1. The minimum absolute atomic E-state index is 0.240. The van der Waals surface area contributed by atoms with E-state index in [0.29, 0.717) is 23.1 Å². The van der Waals surface area contributed by atoms with Crippen LogP contribution in [0.1, 0.15) is 33.9 Å². The van der Waals surface area contributed by atoms with E-state index in [9.17, 15) is 9.00 Å². The van der Waals surface area contributed by atoms with Gasteiger partial charge in [0.15, 0.2) is 5.76 Å². The molecule has 146 valence electrons. The summed E-state index contributed by atoms with van der Waals surface area (Å²) in [7, 11) is -1.17. The Labute approximate surface area is 172 Å². The molecular weight excluding hydrogens is 394 g/mol. The Hall–Kier alpha value is -2.37. The quantitative estimate of drug-likeness (QED) is 0.513. The number of hydrogen-bond acceptors (Lipinski definition) is 3. The van der Waals surface area contributed by atoms with E-state index in [0.717, 1.165) is 18.4 Å². The van der Waals surface area contributed by atoms with E-state index in [-0.39, 0.29) is 17.4 Å². The first-order valence-corrected chi connectivity index (χ1v) is 11.0. The van der Waals surface area contributed by atoms with Crippen molar-refractivity contribution in [2.24, 2.45) is 0 Å². The second-order valence-electron chi connectivity index (χ2n) is 6.43. The van der Waals surface area contributed by atoms with Crippen LogP contribution in [-0.2, 0) is 28.7 Å². The van der Waals surface area contributed by atoms with Gasteiger partial charge < -0.3 is 9.73 Å². The topological polar surface area (TPSA) is 59.3 Å². The molecule has 2 aromatic carbocycles. The molecule has 0 aliphatic carbocycles. The lowest BCUT2D eigenvalue weighted by Crippen LogP contribution is -2.24. The molecule has 1 amide bonds. The van der Waals surface area contributed by atoms with Crippen LogP contribution in [0.4, 0.5) is 0 Å². The predicted octanol–water partition coefficient (Wildman–Crippen LogP) is 4.74. The molecule has 3 rings (SSSR count). The summed E-state index contributed by atoms with van der Waals surface area (Å²) >= 11 is 6.11. The highest BCUT2D eigenvalue weighted by Gasteiger charge is 2.13. The smallest absolute Gasteiger partial charge is 0.286 e. The Morgan fingerprint density at radius 3 is 2.50 bits per heavy atom. The molecule has 28 heavy (non-hydrogen) atoms. The highest BCUT2D eigenvalue weighted by Crippen LogP contribution is 2.18. The third kappa shape index (κ3) is 6.08. The Balaban J connectivity index is 1.44. The number of furan rings is 1. The predicted molar refractivity (Wildman–Crippen MR) is 113 cm³/mol. The summed E-state index contributed by atoms with van der Waals surface area (Å²) < 4.78 is 17.9. The molecule has 4 nitrogen and oxygen atoms in total. The van der Waals surface area contributed by atoms with Crippen molar-refractivity contribution in [2.45, 2.75) is 24.3 Å². The van der Waals surface area contributed by atoms with E-state index in [2.05, 4.69) is 17.4 Å². The summed E-state index contributed by atoms with van der Waals surface area (Å²) in [5.41, 5.74) is 2.09. The molecule has 1 N–H and O–H groups in total. The van der Waals surface area contributed by atoms with E-state index < -0.39 is 10.8 Å². The monoisotopic (exact) mass is 415 g/mol. The van der Waals surface area contributed by atoms with Crippen molar-refractivity contribution >= 4 is 28.3 Å². The van der Waals surface area contributed by atoms with Gasteiger partial charge in [-0.2, -0.15) is 0 Å². The molecule has 0 fully saturated rings. The van der Waals surface area contributed by atoms with Crippen LogP contribution in [0.5, 0.6) is 0 Å². The zero-order valence-electron chi connectivity index (χ0n) is 15.4. The van der Waals surface area contributed by atoms with Gasteiger partial charge in [0.25, 0.3) is 5.91 Å². The Morgan fingerprint density at radius 1 is 0.964 bits per heavy atom. The van der Waals surface area contributed by atoms with E-state index >= 15 is 0 Å². The van der Waals surface area contributed by atoms with Gasteiger partial charge in [0.2, 0.25) is 0 Å². The fraction of sp³-hybridized carbons (Fsp3) is 0.227. The van der Waals surface area contributed by atoms with Gasteiger partial charge in [-0.15, -0.1) is 0 Å². The number of aryl methyl sites for hydroxylation is 1. The number of rotatable bonds is 9. The molecule has 1 atom stereocenters. The van der Waals surface area contributed by atoms with Crippen molar-refractivity contribution in [3.8, 4) is 0 Å². The molecule has 0 spiro atoms. The molecule has 0 bridgehead atoms. The van der Waals surface area contributed by atoms with Crippen LogP contribution < -0.4 is 5.32 Å². The van der Waals surface area contributed by atoms with Gasteiger partial charge in [-0.05, 0) is 42.2 Å². The minimum atomic E-state index is -1.17. The van der Waals surface area contributed by atoms with E-state index in [1.54, 1.807) is 18.2 Å². The molecular formula is C22H22ClNO3S. The number of nitrogens with one attached hydrogen (secondary N) is 1. The van der Waals surface area contributed by atoms with Crippen molar-refractivity contribution in [3.05, 3.63) is 94.4 Å². The number of benzene rings is 2. The van der Waals surface area contributed by atoms with Crippen LogP contribution >= 0.6 is 11.6 Å². The number of carbonyl (C=O) groups is 1. The van der Waals surface area contributed by atoms with Crippen LogP contribution in [-0.4, -0.2) is 16.7 Å². The highest BCUT2D eigenvalue weighted by atomic mass is 35.5. The minimum Gasteiger partial charge on any atom is -0.455 e. The fourth-order valence-corrected chi connectivity index (χ4v) is 4.26. The summed E-state index contributed by atoms with van der Waals surface area (Å²) in [5.74, 6) is 1.11. The van der Waals surface area contributed by atoms with Crippen molar-refractivity contribution in [2.75, 3.05) is 6.54 Å². The Bertz CT molecular complexity index is 940. The Kier molecular flexibility index (Phi) is 7.46. The lowest BCUT2D eigenvalue weighted by Gasteiger charge is -2.04. The standard InChI is InChI=1S/C22H22ClNO3S/c23-20-11-5-4-10-18(20)15-28(26)16-19-12-13-21(27-19)22(25)24-14-6-9-17-7-2-1-3-8-17/h1-5,7-8,10-13H,6,9,14-16H2,(H,24,25)/t28-/m1/s1. The van der Waals surface area contributed by atoms with Crippen molar-refractivity contribution < 1.29 is 13.4 Å². The summed E-state index contributed by atoms with van der Waals surface area (Å²) in [4.78, 5) is 12.2. The molecule has 0 aliphatic heterocycles. The number of carbonyl (C=O) groups excluding carboxylic acids is 1. The van der Waals surface area contributed by atoms with Crippen molar-refractivity contribution in [3.63, 3.8) is 0 Å². The van der Waals surface area contributed by atoms with Crippen LogP contribution in [0, 0.1) is 0 Å². The third-order valence-electron chi connectivity index (χ3n) is 4.23. The maximum Gasteiger partial charge on any atom is 0.286 e. The molecule has 1 heterocycles. The molecule has 0 radical (unpaired) electrons. The van der Waals surface area contributed by atoms with Crippen LogP contribution in [0.2, 0.25) is 5.02 Å². The van der Waals surface area contributed by atoms with Gasteiger partial charge >= 0.3 is 0 Å². The largest absolute Gasteiger partial charge is 0.455 e. The molecule has 0 unspecified atom stereocenters. The van der Waals surface area contributed by atoms with Gasteiger partial charge in [-0.25, -0.2) is 0 Å². The average Bonchev–Trinajstić information content (AvgIpc) is 3.16. The molecule has 6 heteroatoms. The van der Waals surface area contributed by atoms with Gasteiger partial charge in [-0.3, -0.25) is 9.00 Å². The molecule has 0 aliphatic rings. The van der Waals surface area contributed by atoms with Crippen LogP contribution in [0.15, 0.2) is 71.1 Å². The third-order valence-corrected chi connectivity index (χ3v) is 5.84. The van der Waals surface area contributed by atoms with Gasteiger partial charge in [0.1, 0.15) is 5.76 Å². The zero-order chi connectivity index (χ0) is 19.8. The second-order valence-corrected chi connectivity index (χ2v) is 8.30. The summed E-state index contributed by atoms with van der Waals surface area (Å²) in [5, 5.41) is 3.46. The lowest BCUT2D eigenvalue weighted by molar-refractivity contribution is 0.0924. The number of hydrogen-bond donors (Lipinski definition) is 1. The lowest BCUT2D eigenvalue weighted by atomic mass is 10.1. The van der Waals surface area contributed by atoms with E-state index in [4.69, 9.17) is 16.0 Å². The molecule has 0 saturated heterocycles. The van der Waals surface area contributed by atoms with Crippen LogP contribution in [0.25, 0.3) is 0 Å². The fourth-order valence-electron chi connectivity index (χ4n) is 2.80. The van der Waals surface area contributed by atoms with Crippen molar-refractivity contribution in [1.82, 2.24) is 5.32 Å². The molecule has 1 aromatic heterocycles. The maximum absolute atomic E-state index is 12.4. The molecule has 0 saturated carbocycles. The number of amides is 1. The highest BCUT2D eigenvalue weighted by molar-refractivity contribution is 7.83. The SMILES string of the molecule is O=C(NCCCc1ccccc1)c1ccc(C[S@](=O)Cc2ccccc2Cl)o1. The van der Waals surface area contributed by atoms with Gasteiger partial charge in [-0.1, -0.05) is 60.1 Å². The van der Waals surface area contributed by atoms with E-state index in [1.807, 2.05) is 36.4 Å². The van der Waals surface area contributed by atoms with Gasteiger partial charge in [0, 0.05) is 22.4 Å². The van der Waals surface area contributed by atoms with Gasteiger partial charge in [0.05, 0.1) is 11.5 Å². The average molecular weight is 416 g/mol. The molecule has 3 aromatic rings. The first-order chi connectivity index (χ1) is 13.6. The summed E-state index contributed by atoms with van der Waals surface area (Å²) in [6.07, 6.45) is 1.76. The summed E-state index contributed by atoms with van der Waals surface area (Å²) in [6, 6.07) is 20.8.